The summed E-state index contributed by atoms with van der Waals surface area (Å²) in [5, 5.41) is 9.25. The molecule has 1 unspecified atom stereocenters. The van der Waals surface area contributed by atoms with Crippen molar-refractivity contribution < 1.29 is 19.1 Å². The number of ether oxygens (including phenoxy) is 2. The highest BCUT2D eigenvalue weighted by molar-refractivity contribution is 6.04. The van der Waals surface area contributed by atoms with E-state index in [4.69, 9.17) is 9.47 Å². The number of nitrogens with one attached hydrogen (secondary N) is 3. The Morgan fingerprint density at radius 3 is 2.65 bits per heavy atom. The maximum atomic E-state index is 12.8. The van der Waals surface area contributed by atoms with Crippen molar-refractivity contribution in [2.75, 3.05) is 35.9 Å². The first-order valence-corrected chi connectivity index (χ1v) is 12.5. The Morgan fingerprint density at radius 2 is 1.89 bits per heavy atom. The number of hydrogen-bond donors (Lipinski definition) is 3. The van der Waals surface area contributed by atoms with Crippen molar-refractivity contribution in [3.63, 3.8) is 0 Å². The van der Waals surface area contributed by atoms with E-state index >= 15 is 0 Å². The first-order chi connectivity index (χ1) is 18.0. The zero-order valence-corrected chi connectivity index (χ0v) is 21.0. The summed E-state index contributed by atoms with van der Waals surface area (Å²) in [6.07, 6.45) is 3.55. The zero-order chi connectivity index (χ0) is 25.8. The fourth-order valence-electron chi connectivity index (χ4n) is 4.82. The first-order valence-electron chi connectivity index (χ1n) is 12.5. The van der Waals surface area contributed by atoms with E-state index in [-0.39, 0.29) is 23.9 Å². The standard InChI is InChI=1S/C28H31N5O4/c1-18-27(34)30-17-20-16-29-26(15-25(20)33(18)23-10-12-37-13-11-23)31-22-5-3-4-19(14-22)28(35)32-21-6-8-24(36-2)9-7-21/h3-9,14-16,18,23H,10-13,17H2,1-2H3,(H,29,31)(H,30,34)(H,32,35). The third-order valence-electron chi connectivity index (χ3n) is 6.82. The minimum atomic E-state index is -0.301. The van der Waals surface area contributed by atoms with Crippen molar-refractivity contribution >= 4 is 34.7 Å². The second-order valence-electron chi connectivity index (χ2n) is 9.23. The predicted octanol–water partition coefficient (Wildman–Crippen LogP) is 4.09. The van der Waals surface area contributed by atoms with Crippen molar-refractivity contribution in [1.82, 2.24) is 10.3 Å². The van der Waals surface area contributed by atoms with Gasteiger partial charge in [0.15, 0.2) is 0 Å². The lowest BCUT2D eigenvalue weighted by atomic mass is 10.0. The first kappa shape index (κ1) is 24.6. The fourth-order valence-corrected chi connectivity index (χ4v) is 4.82. The molecule has 3 N–H and O–H groups in total. The van der Waals surface area contributed by atoms with Gasteiger partial charge in [-0.2, -0.15) is 0 Å². The number of hydrogen-bond acceptors (Lipinski definition) is 7. The van der Waals surface area contributed by atoms with Crippen LogP contribution in [0.25, 0.3) is 0 Å². The summed E-state index contributed by atoms with van der Waals surface area (Å²) in [6.45, 7) is 3.75. The predicted molar refractivity (Wildman–Crippen MR) is 143 cm³/mol. The highest BCUT2D eigenvalue weighted by atomic mass is 16.5. The van der Waals surface area contributed by atoms with Crippen LogP contribution in [0.5, 0.6) is 5.75 Å². The molecular weight excluding hydrogens is 470 g/mol. The fraction of sp³-hybridized carbons (Fsp3) is 0.321. The maximum Gasteiger partial charge on any atom is 0.255 e. The number of fused-ring (bicyclic) bond motifs is 1. The van der Waals surface area contributed by atoms with Crippen molar-refractivity contribution in [3.8, 4) is 5.75 Å². The summed E-state index contributed by atoms with van der Waals surface area (Å²) in [4.78, 5) is 32.4. The summed E-state index contributed by atoms with van der Waals surface area (Å²) in [7, 11) is 1.60. The Labute approximate surface area is 216 Å². The van der Waals surface area contributed by atoms with Gasteiger partial charge in [0.2, 0.25) is 5.91 Å². The van der Waals surface area contributed by atoms with Gasteiger partial charge < -0.3 is 30.3 Å². The van der Waals surface area contributed by atoms with Gasteiger partial charge in [-0.3, -0.25) is 9.59 Å². The minimum absolute atomic E-state index is 0.00720. The Hall–Kier alpha value is -4.11. The molecular formula is C28H31N5O4. The van der Waals surface area contributed by atoms with Crippen LogP contribution in [-0.4, -0.2) is 49.2 Å². The summed E-state index contributed by atoms with van der Waals surface area (Å²) < 4.78 is 10.7. The summed E-state index contributed by atoms with van der Waals surface area (Å²) in [5.74, 6) is 1.16. The third-order valence-corrected chi connectivity index (χ3v) is 6.82. The molecule has 37 heavy (non-hydrogen) atoms. The van der Waals surface area contributed by atoms with Gasteiger partial charge in [0.1, 0.15) is 17.6 Å². The molecule has 2 aliphatic rings. The topological polar surface area (TPSA) is 105 Å². The highest BCUT2D eigenvalue weighted by Gasteiger charge is 2.33. The molecule has 3 aromatic rings. The summed E-state index contributed by atoms with van der Waals surface area (Å²) >= 11 is 0. The number of carbonyl (C=O) groups is 2. The number of amides is 2. The number of carbonyl (C=O) groups excluding carboxylic acids is 2. The molecule has 0 spiro atoms. The molecule has 1 fully saturated rings. The van der Waals surface area contributed by atoms with Crippen molar-refractivity contribution in [1.29, 1.82) is 0 Å². The molecule has 1 aromatic heterocycles. The highest BCUT2D eigenvalue weighted by Crippen LogP contribution is 2.33. The summed E-state index contributed by atoms with van der Waals surface area (Å²) in [5.41, 5.74) is 3.90. The van der Waals surface area contributed by atoms with E-state index in [1.807, 2.05) is 31.3 Å². The number of benzene rings is 2. The van der Waals surface area contributed by atoms with E-state index in [2.05, 4.69) is 25.8 Å². The zero-order valence-electron chi connectivity index (χ0n) is 21.0. The molecule has 3 heterocycles. The number of pyridine rings is 1. The molecule has 0 saturated carbocycles. The van der Waals surface area contributed by atoms with Gasteiger partial charge in [0.05, 0.1) is 7.11 Å². The molecule has 0 bridgehead atoms. The van der Waals surface area contributed by atoms with Crippen LogP contribution in [-0.2, 0) is 16.1 Å². The van der Waals surface area contributed by atoms with E-state index in [1.54, 1.807) is 43.5 Å². The Morgan fingerprint density at radius 1 is 1.11 bits per heavy atom. The SMILES string of the molecule is COc1ccc(NC(=O)c2cccc(Nc3cc4c(cn3)CNC(=O)C(C)N4C3CCOCC3)c2)cc1. The van der Waals surface area contributed by atoms with Crippen LogP contribution in [0, 0.1) is 0 Å². The number of nitrogens with zero attached hydrogens (tertiary/aromatic N) is 2. The van der Waals surface area contributed by atoms with Gasteiger partial charge in [0.25, 0.3) is 5.91 Å². The molecule has 0 radical (unpaired) electrons. The number of rotatable bonds is 6. The Bertz CT molecular complexity index is 1270. The second-order valence-corrected chi connectivity index (χ2v) is 9.23. The van der Waals surface area contributed by atoms with Crippen LogP contribution in [0.2, 0.25) is 0 Å². The van der Waals surface area contributed by atoms with E-state index < -0.39 is 0 Å². The van der Waals surface area contributed by atoms with Crippen LogP contribution < -0.4 is 25.6 Å². The van der Waals surface area contributed by atoms with Gasteiger partial charge in [0, 0.05) is 66.3 Å². The lowest BCUT2D eigenvalue weighted by molar-refractivity contribution is -0.122. The van der Waals surface area contributed by atoms with Crippen molar-refractivity contribution in [2.45, 2.75) is 38.4 Å². The normalized spacial score (nSPS) is 17.8. The van der Waals surface area contributed by atoms with Crippen LogP contribution in [0.3, 0.4) is 0 Å². The minimum Gasteiger partial charge on any atom is -0.497 e. The molecule has 2 amide bonds. The average molecular weight is 502 g/mol. The molecule has 9 nitrogen and oxygen atoms in total. The molecule has 9 heteroatoms. The number of aromatic nitrogens is 1. The van der Waals surface area contributed by atoms with E-state index in [0.29, 0.717) is 36.8 Å². The molecule has 0 aliphatic carbocycles. The second kappa shape index (κ2) is 10.9. The van der Waals surface area contributed by atoms with Crippen LogP contribution in [0.15, 0.2) is 60.8 Å². The van der Waals surface area contributed by atoms with Gasteiger partial charge in [-0.1, -0.05) is 6.07 Å². The number of anilines is 4. The maximum absolute atomic E-state index is 12.8. The van der Waals surface area contributed by atoms with Crippen LogP contribution in [0.4, 0.5) is 22.9 Å². The van der Waals surface area contributed by atoms with Gasteiger partial charge in [-0.05, 0) is 62.2 Å². The third kappa shape index (κ3) is 5.51. The quantitative estimate of drug-likeness (QED) is 0.467. The van der Waals surface area contributed by atoms with Crippen molar-refractivity contribution in [3.05, 3.63) is 71.9 Å². The largest absolute Gasteiger partial charge is 0.497 e. The number of methoxy groups -OCH3 is 1. The van der Waals surface area contributed by atoms with Gasteiger partial charge in [-0.25, -0.2) is 4.98 Å². The molecule has 2 aromatic carbocycles. The van der Waals surface area contributed by atoms with Crippen LogP contribution >= 0.6 is 0 Å². The molecule has 1 saturated heterocycles. The Kier molecular flexibility index (Phi) is 7.23. The monoisotopic (exact) mass is 501 g/mol. The smallest absolute Gasteiger partial charge is 0.255 e. The molecule has 1 atom stereocenters. The van der Waals surface area contributed by atoms with E-state index in [1.165, 1.54) is 0 Å². The van der Waals surface area contributed by atoms with Crippen molar-refractivity contribution in [2.24, 2.45) is 0 Å². The lowest BCUT2D eigenvalue weighted by Crippen LogP contribution is -2.50. The average Bonchev–Trinajstić information content (AvgIpc) is 3.05. The molecule has 5 rings (SSSR count). The Balaban J connectivity index is 1.36. The van der Waals surface area contributed by atoms with Crippen LogP contribution in [0.1, 0.15) is 35.7 Å². The van der Waals surface area contributed by atoms with Gasteiger partial charge >= 0.3 is 0 Å². The van der Waals surface area contributed by atoms with Gasteiger partial charge in [-0.15, -0.1) is 0 Å². The van der Waals surface area contributed by atoms with E-state index in [9.17, 15) is 9.59 Å². The lowest BCUT2D eigenvalue weighted by Gasteiger charge is -2.39. The summed E-state index contributed by atoms with van der Waals surface area (Å²) in [6, 6.07) is 16.4. The molecule has 192 valence electrons. The van der Waals surface area contributed by atoms with E-state index in [0.717, 1.165) is 35.5 Å². The molecule has 2 aliphatic heterocycles.